The van der Waals surface area contributed by atoms with Crippen molar-refractivity contribution in [1.82, 2.24) is 4.90 Å². The van der Waals surface area contributed by atoms with Crippen molar-refractivity contribution in [2.45, 2.75) is 69.3 Å². The zero-order valence-corrected chi connectivity index (χ0v) is 14.2. The van der Waals surface area contributed by atoms with E-state index >= 15 is 0 Å². The lowest BCUT2D eigenvalue weighted by Crippen LogP contribution is -2.32. The van der Waals surface area contributed by atoms with E-state index in [1.54, 1.807) is 19.6 Å². The Balaban J connectivity index is 2.37. The number of unbranched alkanes of at least 4 members (excludes halogenated alkanes) is 2. The van der Waals surface area contributed by atoms with Crippen LogP contribution >= 0.6 is 11.8 Å². The Morgan fingerprint density at radius 1 is 1.29 bits per heavy atom. The van der Waals surface area contributed by atoms with Crippen molar-refractivity contribution in [3.8, 4) is 0 Å². The van der Waals surface area contributed by atoms with E-state index in [-0.39, 0.29) is 22.7 Å². The molecule has 0 radical (unpaired) electrons. The fourth-order valence-corrected chi connectivity index (χ4v) is 3.86. The molecule has 1 aliphatic rings. The lowest BCUT2D eigenvalue weighted by Gasteiger charge is -2.17. The van der Waals surface area contributed by atoms with Crippen LogP contribution in [0, 0.1) is 0 Å². The van der Waals surface area contributed by atoms with Gasteiger partial charge in [-0.2, -0.15) is 0 Å². The number of hydrogen-bond acceptors (Lipinski definition) is 4. The standard InChI is InChI=1S/C15H26BNO3S/c1-3-11(4-2)21-12-10-14(19)17(15(12)20)9-7-5-6-8-13(16)18/h11-12H,3-10,16H2,1-2H3. The average Bonchev–Trinajstić information content (AvgIpc) is 2.71. The Morgan fingerprint density at radius 2 is 1.95 bits per heavy atom. The molecule has 1 aliphatic heterocycles. The highest BCUT2D eigenvalue weighted by atomic mass is 32.2. The second-order valence-electron chi connectivity index (χ2n) is 5.66. The number of carbonyl (C=O) groups excluding carboxylic acids is 3. The van der Waals surface area contributed by atoms with Gasteiger partial charge in [0.2, 0.25) is 11.8 Å². The first-order chi connectivity index (χ1) is 9.99. The van der Waals surface area contributed by atoms with Crippen molar-refractivity contribution in [1.29, 1.82) is 0 Å². The Labute approximate surface area is 132 Å². The summed E-state index contributed by atoms with van der Waals surface area (Å²) < 4.78 is 0. The van der Waals surface area contributed by atoms with Crippen molar-refractivity contribution in [3.05, 3.63) is 0 Å². The molecule has 0 N–H and O–H groups in total. The van der Waals surface area contributed by atoms with Crippen LogP contribution in [-0.4, -0.2) is 47.3 Å². The molecule has 21 heavy (non-hydrogen) atoms. The molecule has 1 atom stereocenters. The minimum Gasteiger partial charge on any atom is -0.312 e. The van der Waals surface area contributed by atoms with Gasteiger partial charge in [-0.25, -0.2) is 0 Å². The summed E-state index contributed by atoms with van der Waals surface area (Å²) in [5.74, 6) is -0.0431. The van der Waals surface area contributed by atoms with Crippen LogP contribution in [0.3, 0.4) is 0 Å². The molecular weight excluding hydrogens is 285 g/mol. The maximum atomic E-state index is 12.3. The summed E-state index contributed by atoms with van der Waals surface area (Å²) in [4.78, 5) is 36.5. The van der Waals surface area contributed by atoms with Gasteiger partial charge in [0, 0.05) is 18.2 Å². The molecule has 4 nitrogen and oxygen atoms in total. The van der Waals surface area contributed by atoms with Crippen LogP contribution in [0.4, 0.5) is 0 Å². The lowest BCUT2D eigenvalue weighted by molar-refractivity contribution is -0.138. The van der Waals surface area contributed by atoms with Gasteiger partial charge in [-0.3, -0.25) is 14.5 Å². The molecule has 0 aromatic heterocycles. The molecule has 1 fully saturated rings. The second-order valence-corrected chi connectivity index (χ2v) is 7.17. The minimum atomic E-state index is -0.181. The van der Waals surface area contributed by atoms with Crippen molar-refractivity contribution in [3.63, 3.8) is 0 Å². The van der Waals surface area contributed by atoms with E-state index in [4.69, 9.17) is 0 Å². The number of hydrogen-bond donors (Lipinski definition) is 0. The highest BCUT2D eigenvalue weighted by molar-refractivity contribution is 8.01. The summed E-state index contributed by atoms with van der Waals surface area (Å²) in [6, 6.07) is 0. The van der Waals surface area contributed by atoms with E-state index < -0.39 is 0 Å². The first kappa shape index (κ1) is 18.3. The highest BCUT2D eigenvalue weighted by Crippen LogP contribution is 2.31. The van der Waals surface area contributed by atoms with Crippen LogP contribution in [-0.2, 0) is 14.4 Å². The van der Waals surface area contributed by atoms with E-state index in [0.29, 0.717) is 24.6 Å². The van der Waals surface area contributed by atoms with Crippen LogP contribution in [0.15, 0.2) is 0 Å². The molecular formula is C15H26BNO3S. The minimum absolute atomic E-state index is 0.0107. The largest absolute Gasteiger partial charge is 0.312 e. The third kappa shape index (κ3) is 5.85. The van der Waals surface area contributed by atoms with Crippen molar-refractivity contribution < 1.29 is 14.4 Å². The first-order valence-electron chi connectivity index (χ1n) is 7.98. The number of rotatable bonds is 10. The summed E-state index contributed by atoms with van der Waals surface area (Å²) >= 11 is 1.66. The van der Waals surface area contributed by atoms with Crippen LogP contribution in [0.25, 0.3) is 0 Å². The quantitative estimate of drug-likeness (QED) is 0.350. The average molecular weight is 311 g/mol. The Hall–Kier alpha value is -0.775. The van der Waals surface area contributed by atoms with E-state index in [9.17, 15) is 14.4 Å². The van der Waals surface area contributed by atoms with Gasteiger partial charge in [-0.15, -0.1) is 11.8 Å². The van der Waals surface area contributed by atoms with Crippen molar-refractivity contribution in [2.75, 3.05) is 6.54 Å². The molecule has 0 saturated carbocycles. The van der Waals surface area contributed by atoms with Gasteiger partial charge in [0.05, 0.1) is 10.9 Å². The van der Waals surface area contributed by atoms with Gasteiger partial charge in [0.15, 0.2) is 7.85 Å². The van der Waals surface area contributed by atoms with Gasteiger partial charge in [-0.1, -0.05) is 20.3 Å². The van der Waals surface area contributed by atoms with Crippen LogP contribution in [0.1, 0.15) is 58.8 Å². The molecule has 2 amide bonds. The summed E-state index contributed by atoms with van der Waals surface area (Å²) in [7, 11) is 1.59. The molecule has 1 saturated heterocycles. The van der Waals surface area contributed by atoms with Gasteiger partial charge < -0.3 is 4.79 Å². The molecule has 0 aromatic rings. The van der Waals surface area contributed by atoms with Gasteiger partial charge in [-0.05, 0) is 32.1 Å². The Bertz CT molecular complexity index is 385. The lowest BCUT2D eigenvalue weighted by atomic mass is 9.97. The molecule has 1 rings (SSSR count). The predicted molar refractivity (Wildman–Crippen MR) is 89.1 cm³/mol. The highest BCUT2D eigenvalue weighted by Gasteiger charge is 2.39. The van der Waals surface area contributed by atoms with Crippen molar-refractivity contribution in [2.24, 2.45) is 0 Å². The molecule has 0 spiro atoms. The predicted octanol–water partition coefficient (Wildman–Crippen LogP) is 1.76. The number of amides is 2. The SMILES string of the molecule is BC(=O)CCCCCN1C(=O)CC(SC(CC)CC)C1=O. The number of carbonyl (C=O) groups is 3. The van der Waals surface area contributed by atoms with E-state index in [1.165, 1.54) is 4.90 Å². The van der Waals surface area contributed by atoms with Crippen LogP contribution in [0.5, 0.6) is 0 Å². The number of imide groups is 1. The third-order valence-corrected chi connectivity index (χ3v) is 5.63. The van der Waals surface area contributed by atoms with Gasteiger partial charge >= 0.3 is 0 Å². The second kappa shape index (κ2) is 9.28. The molecule has 0 aromatic carbocycles. The van der Waals surface area contributed by atoms with E-state index in [2.05, 4.69) is 13.8 Å². The smallest absolute Gasteiger partial charge is 0.242 e. The fraction of sp³-hybridized carbons (Fsp3) is 0.800. The Morgan fingerprint density at radius 3 is 2.52 bits per heavy atom. The molecule has 0 aliphatic carbocycles. The maximum Gasteiger partial charge on any atom is 0.242 e. The first-order valence-corrected chi connectivity index (χ1v) is 8.92. The zero-order chi connectivity index (χ0) is 15.8. The topological polar surface area (TPSA) is 54.5 Å². The monoisotopic (exact) mass is 311 g/mol. The fourth-order valence-electron chi connectivity index (χ4n) is 2.53. The molecule has 1 unspecified atom stereocenters. The molecule has 6 heteroatoms. The summed E-state index contributed by atoms with van der Waals surface area (Å²) in [5.41, 5.74) is 0.199. The van der Waals surface area contributed by atoms with Crippen molar-refractivity contribution >= 4 is 37.1 Å². The zero-order valence-electron chi connectivity index (χ0n) is 13.4. The summed E-state index contributed by atoms with van der Waals surface area (Å²) in [6.45, 7) is 4.75. The summed E-state index contributed by atoms with van der Waals surface area (Å²) in [5, 5.41) is 0.280. The van der Waals surface area contributed by atoms with E-state index in [1.807, 2.05) is 0 Å². The third-order valence-electron chi connectivity index (χ3n) is 3.88. The Kier molecular flexibility index (Phi) is 8.08. The van der Waals surface area contributed by atoms with E-state index in [0.717, 1.165) is 32.1 Å². The number of thioether (sulfide) groups is 1. The molecule has 0 bridgehead atoms. The van der Waals surface area contributed by atoms with Gasteiger partial charge in [0.25, 0.3) is 0 Å². The van der Waals surface area contributed by atoms with Crippen LogP contribution in [0.2, 0.25) is 0 Å². The maximum absolute atomic E-state index is 12.3. The number of nitrogens with zero attached hydrogens (tertiary/aromatic N) is 1. The molecule has 1 heterocycles. The summed E-state index contributed by atoms with van der Waals surface area (Å²) in [6.07, 6.45) is 5.54. The number of likely N-dealkylation sites (tertiary alicyclic amines) is 1. The molecule has 118 valence electrons. The van der Waals surface area contributed by atoms with Crippen LogP contribution < -0.4 is 0 Å². The normalized spacial score (nSPS) is 18.8. The van der Waals surface area contributed by atoms with Gasteiger partial charge in [0.1, 0.15) is 0 Å².